The first-order chi connectivity index (χ1) is 11.9. The maximum Gasteiger partial charge on any atom is 0.306 e. The number of nitrogens with zero attached hydrogens (tertiary/aromatic N) is 3. The smallest absolute Gasteiger partial charge is 0.306 e. The Kier molecular flexibility index (Phi) is 6.57. The molecule has 25 heavy (non-hydrogen) atoms. The summed E-state index contributed by atoms with van der Waals surface area (Å²) >= 11 is 3.09. The van der Waals surface area contributed by atoms with Crippen molar-refractivity contribution in [3.8, 4) is 0 Å². The minimum Gasteiger partial charge on any atom is -0.618 e. The summed E-state index contributed by atoms with van der Waals surface area (Å²) in [4.78, 5) is 24.7. The lowest BCUT2D eigenvalue weighted by atomic mass is 9.94. The molecule has 0 aromatic carbocycles. The molecule has 1 aromatic rings. The number of nitro groups is 1. The first kappa shape index (κ1) is 19.4. The molecule has 1 aliphatic rings. The Hall–Kier alpha value is -1.90. The first-order valence-electron chi connectivity index (χ1n) is 8.38. The normalized spacial score (nSPS) is 17.4. The van der Waals surface area contributed by atoms with Crippen molar-refractivity contribution in [2.45, 2.75) is 39.5 Å². The Morgan fingerprint density at radius 2 is 2.24 bits per heavy atom. The molecule has 1 aromatic heterocycles. The van der Waals surface area contributed by atoms with E-state index in [1.54, 1.807) is 13.8 Å². The number of halogens is 1. The maximum atomic E-state index is 12.3. The van der Waals surface area contributed by atoms with Crippen LogP contribution in [0, 0.1) is 21.2 Å². The molecule has 1 saturated heterocycles. The number of hydrogen-bond donors (Lipinski definition) is 0. The standard InChI is InChI=1S/C16H22BrN3O5/c1-3-12-16(13(20(23)24)9-14(17)19(12)22)18-7-5-6-11(10-18)8-15(21)25-4-2/h9,11H,3-8,10H2,1-2H3. The SMILES string of the molecule is CCOC(=O)CC1CCCN(c2c([N+](=O)[O-])cc(Br)[n+]([O-])c2CC)C1. The highest BCUT2D eigenvalue weighted by molar-refractivity contribution is 9.10. The van der Waals surface area contributed by atoms with E-state index in [1.165, 1.54) is 6.07 Å². The fourth-order valence-corrected chi connectivity index (χ4v) is 3.73. The lowest BCUT2D eigenvalue weighted by Crippen LogP contribution is -2.42. The number of ether oxygens (including phenoxy) is 1. The van der Waals surface area contributed by atoms with E-state index in [4.69, 9.17) is 4.74 Å². The van der Waals surface area contributed by atoms with Gasteiger partial charge in [0.1, 0.15) is 0 Å². The number of pyridine rings is 1. The summed E-state index contributed by atoms with van der Waals surface area (Å²) in [6.07, 6.45) is 2.32. The van der Waals surface area contributed by atoms with Crippen molar-refractivity contribution in [3.63, 3.8) is 0 Å². The van der Waals surface area contributed by atoms with E-state index in [0.717, 1.165) is 12.8 Å². The summed E-state index contributed by atoms with van der Waals surface area (Å²) in [7, 11) is 0. The molecule has 2 rings (SSSR count). The van der Waals surface area contributed by atoms with E-state index in [0.29, 0.717) is 42.2 Å². The van der Waals surface area contributed by atoms with Gasteiger partial charge in [0.2, 0.25) is 5.69 Å². The highest BCUT2D eigenvalue weighted by atomic mass is 79.9. The van der Waals surface area contributed by atoms with Gasteiger partial charge in [0.25, 0.3) is 4.60 Å². The van der Waals surface area contributed by atoms with Crippen LogP contribution in [0.25, 0.3) is 0 Å². The van der Waals surface area contributed by atoms with Crippen molar-refractivity contribution < 1.29 is 19.2 Å². The first-order valence-corrected chi connectivity index (χ1v) is 9.18. The molecule has 9 heteroatoms. The van der Waals surface area contributed by atoms with Crippen molar-refractivity contribution in [1.82, 2.24) is 0 Å². The van der Waals surface area contributed by atoms with Gasteiger partial charge in [0.15, 0.2) is 5.69 Å². The highest BCUT2D eigenvalue weighted by Crippen LogP contribution is 2.35. The van der Waals surface area contributed by atoms with E-state index in [2.05, 4.69) is 15.9 Å². The van der Waals surface area contributed by atoms with Crippen LogP contribution in [0.15, 0.2) is 10.7 Å². The Bertz CT molecular complexity index is 668. The van der Waals surface area contributed by atoms with Gasteiger partial charge in [0.05, 0.1) is 24.0 Å². The van der Waals surface area contributed by atoms with Gasteiger partial charge in [-0.25, -0.2) is 0 Å². The largest absolute Gasteiger partial charge is 0.618 e. The molecule has 0 N–H and O–H groups in total. The monoisotopic (exact) mass is 415 g/mol. The Balaban J connectivity index is 2.34. The highest BCUT2D eigenvalue weighted by Gasteiger charge is 2.34. The summed E-state index contributed by atoms with van der Waals surface area (Å²) in [5.74, 6) is -0.199. The van der Waals surface area contributed by atoms with Crippen LogP contribution in [0.3, 0.4) is 0 Å². The quantitative estimate of drug-likeness (QED) is 0.177. The molecule has 8 nitrogen and oxygen atoms in total. The summed E-state index contributed by atoms with van der Waals surface area (Å²) in [6.45, 7) is 5.01. The average molecular weight is 416 g/mol. The minimum absolute atomic E-state index is 0.0564. The Morgan fingerprint density at radius 1 is 1.52 bits per heavy atom. The van der Waals surface area contributed by atoms with Crippen LogP contribution < -0.4 is 9.63 Å². The number of anilines is 1. The van der Waals surface area contributed by atoms with Crippen LogP contribution in [0.4, 0.5) is 11.4 Å². The Labute approximate surface area is 154 Å². The van der Waals surface area contributed by atoms with Crippen molar-refractivity contribution >= 4 is 33.3 Å². The van der Waals surface area contributed by atoms with Crippen molar-refractivity contribution in [2.24, 2.45) is 5.92 Å². The molecule has 2 heterocycles. The second-order valence-electron chi connectivity index (χ2n) is 6.02. The molecule has 1 aliphatic heterocycles. The van der Waals surface area contributed by atoms with Crippen molar-refractivity contribution in [1.29, 1.82) is 0 Å². The lowest BCUT2D eigenvalue weighted by Gasteiger charge is -2.34. The third-order valence-electron chi connectivity index (χ3n) is 4.34. The maximum absolute atomic E-state index is 12.3. The molecule has 0 spiro atoms. The van der Waals surface area contributed by atoms with Crippen LogP contribution in [-0.4, -0.2) is 30.6 Å². The molecule has 138 valence electrons. The van der Waals surface area contributed by atoms with Gasteiger partial charge in [-0.1, -0.05) is 6.92 Å². The lowest BCUT2D eigenvalue weighted by molar-refractivity contribution is -0.625. The Morgan fingerprint density at radius 3 is 2.84 bits per heavy atom. The van der Waals surface area contributed by atoms with E-state index in [9.17, 15) is 20.1 Å². The average Bonchev–Trinajstić information content (AvgIpc) is 2.57. The molecule has 0 aliphatic carbocycles. The summed E-state index contributed by atoms with van der Waals surface area (Å²) < 4.78 is 5.82. The predicted octanol–water partition coefficient (Wildman–Crippen LogP) is 2.72. The zero-order valence-electron chi connectivity index (χ0n) is 14.4. The van der Waals surface area contributed by atoms with E-state index < -0.39 is 4.92 Å². The van der Waals surface area contributed by atoms with Gasteiger partial charge in [-0.2, -0.15) is 4.73 Å². The molecule has 0 amide bonds. The number of hydrogen-bond acceptors (Lipinski definition) is 6. The van der Waals surface area contributed by atoms with E-state index in [1.807, 2.05) is 4.90 Å². The third-order valence-corrected chi connectivity index (χ3v) is 4.89. The number of esters is 1. The van der Waals surface area contributed by atoms with Gasteiger partial charge in [-0.3, -0.25) is 14.9 Å². The molecule has 1 fully saturated rings. The molecular formula is C16H22BrN3O5. The fraction of sp³-hybridized carbons (Fsp3) is 0.625. The van der Waals surface area contributed by atoms with E-state index in [-0.39, 0.29) is 28.6 Å². The number of carbonyl (C=O) groups is 1. The number of carbonyl (C=O) groups excluding carboxylic acids is 1. The zero-order valence-corrected chi connectivity index (χ0v) is 16.0. The van der Waals surface area contributed by atoms with Crippen LogP contribution in [0.5, 0.6) is 0 Å². The summed E-state index contributed by atoms with van der Waals surface area (Å²) in [6, 6.07) is 1.25. The molecule has 1 atom stereocenters. The van der Waals surface area contributed by atoms with Crippen LogP contribution >= 0.6 is 15.9 Å². The zero-order chi connectivity index (χ0) is 18.6. The molecule has 0 saturated carbocycles. The second kappa shape index (κ2) is 8.46. The van der Waals surface area contributed by atoms with Gasteiger partial charge in [-0.15, -0.1) is 0 Å². The fourth-order valence-electron chi connectivity index (χ4n) is 3.30. The van der Waals surface area contributed by atoms with Crippen LogP contribution in [0.1, 0.15) is 38.8 Å². The van der Waals surface area contributed by atoms with Gasteiger partial charge >= 0.3 is 11.7 Å². The van der Waals surface area contributed by atoms with Gasteiger partial charge in [-0.05, 0) is 25.7 Å². The molecule has 1 unspecified atom stereocenters. The van der Waals surface area contributed by atoms with Gasteiger partial charge in [0, 0.05) is 35.4 Å². The third kappa shape index (κ3) is 4.39. The molecular weight excluding hydrogens is 394 g/mol. The summed E-state index contributed by atoms with van der Waals surface area (Å²) in [5.41, 5.74) is 0.629. The minimum atomic E-state index is -0.464. The topological polar surface area (TPSA) is 99.6 Å². The number of rotatable bonds is 6. The number of aromatic nitrogens is 1. The van der Waals surface area contributed by atoms with Crippen LogP contribution in [0.2, 0.25) is 0 Å². The van der Waals surface area contributed by atoms with Crippen LogP contribution in [-0.2, 0) is 16.0 Å². The molecule has 0 radical (unpaired) electrons. The van der Waals surface area contributed by atoms with Crippen molar-refractivity contribution in [2.75, 3.05) is 24.6 Å². The number of piperidine rings is 1. The second-order valence-corrected chi connectivity index (χ2v) is 6.83. The predicted molar refractivity (Wildman–Crippen MR) is 95.3 cm³/mol. The van der Waals surface area contributed by atoms with E-state index >= 15 is 0 Å². The van der Waals surface area contributed by atoms with Crippen molar-refractivity contribution in [3.05, 3.63) is 31.7 Å². The van der Waals surface area contributed by atoms with Gasteiger partial charge < -0.3 is 14.8 Å². The molecule has 0 bridgehead atoms. The summed E-state index contributed by atoms with van der Waals surface area (Å²) in [5, 5.41) is 23.8.